The fraction of sp³-hybridized carbons (Fsp3) is 0.562. The zero-order valence-electron chi connectivity index (χ0n) is 13.2. The van der Waals surface area contributed by atoms with E-state index in [9.17, 15) is 4.79 Å². The largest absolute Gasteiger partial charge is 0.326 e. The molecular formula is C16H25Cl2N3O+2. The van der Waals surface area contributed by atoms with Crippen LogP contribution in [0.1, 0.15) is 20.3 Å². The summed E-state index contributed by atoms with van der Waals surface area (Å²) < 4.78 is 0. The van der Waals surface area contributed by atoms with E-state index in [1.807, 2.05) is 6.92 Å². The van der Waals surface area contributed by atoms with Crippen LogP contribution in [-0.4, -0.2) is 44.7 Å². The number of benzene rings is 1. The number of nitrogens with one attached hydrogen (secondary N) is 3. The van der Waals surface area contributed by atoms with Crippen molar-refractivity contribution >= 4 is 34.8 Å². The van der Waals surface area contributed by atoms with Gasteiger partial charge in [0.15, 0.2) is 6.04 Å². The van der Waals surface area contributed by atoms with E-state index in [1.54, 1.807) is 23.1 Å². The van der Waals surface area contributed by atoms with Gasteiger partial charge in [-0.1, -0.05) is 30.1 Å². The molecule has 2 rings (SSSR count). The Balaban J connectivity index is 1.91. The van der Waals surface area contributed by atoms with Gasteiger partial charge in [0.1, 0.15) is 26.2 Å². The summed E-state index contributed by atoms with van der Waals surface area (Å²) in [6, 6.07) is 5.01. The van der Waals surface area contributed by atoms with Crippen molar-refractivity contribution in [3.8, 4) is 0 Å². The van der Waals surface area contributed by atoms with Crippen molar-refractivity contribution in [2.24, 2.45) is 0 Å². The van der Waals surface area contributed by atoms with Crippen LogP contribution in [0.5, 0.6) is 0 Å². The predicted octanol–water partition coefficient (Wildman–Crippen LogP) is 0.514. The summed E-state index contributed by atoms with van der Waals surface area (Å²) in [6.07, 6.45) is 1.22. The molecule has 6 heteroatoms. The number of halogens is 2. The Morgan fingerprint density at radius 2 is 1.95 bits per heavy atom. The molecule has 0 spiro atoms. The van der Waals surface area contributed by atoms with Crippen LogP contribution >= 0.6 is 23.2 Å². The summed E-state index contributed by atoms with van der Waals surface area (Å²) in [4.78, 5) is 15.4. The molecule has 1 aliphatic rings. The summed E-state index contributed by atoms with van der Waals surface area (Å²) in [5, 5.41) is 3.98. The third-order valence-electron chi connectivity index (χ3n) is 4.39. The second kappa shape index (κ2) is 8.16. The number of carbonyl (C=O) groups excluding carboxylic acids is 1. The molecule has 0 radical (unpaired) electrons. The van der Waals surface area contributed by atoms with Crippen LogP contribution in [0.2, 0.25) is 10.0 Å². The van der Waals surface area contributed by atoms with E-state index in [-0.39, 0.29) is 11.9 Å². The van der Waals surface area contributed by atoms with Crippen molar-refractivity contribution in [1.29, 1.82) is 0 Å². The lowest BCUT2D eigenvalue weighted by Crippen LogP contribution is -3.30. The SMILES string of the molecule is CCC[NH+]1CC[NH+]([C@@H](C)C(=O)Nc2cc(Cl)ccc2Cl)CC1. The van der Waals surface area contributed by atoms with Gasteiger partial charge in [-0.15, -0.1) is 0 Å². The molecule has 1 heterocycles. The minimum absolute atomic E-state index is 0.00175. The lowest BCUT2D eigenvalue weighted by atomic mass is 10.2. The summed E-state index contributed by atoms with van der Waals surface area (Å²) >= 11 is 12.1. The van der Waals surface area contributed by atoms with E-state index in [0.717, 1.165) is 26.2 Å². The molecule has 0 saturated carbocycles. The number of piperazine rings is 1. The number of hydrogen-bond donors (Lipinski definition) is 3. The zero-order chi connectivity index (χ0) is 16.1. The molecule has 122 valence electrons. The highest BCUT2D eigenvalue weighted by Crippen LogP contribution is 2.25. The van der Waals surface area contributed by atoms with Gasteiger partial charge in [0.25, 0.3) is 5.91 Å². The van der Waals surface area contributed by atoms with Crippen LogP contribution in [0.4, 0.5) is 5.69 Å². The first kappa shape index (κ1) is 17.5. The summed E-state index contributed by atoms with van der Waals surface area (Å²) in [7, 11) is 0. The maximum absolute atomic E-state index is 12.4. The standard InChI is InChI=1S/C16H23Cl2N3O/c1-3-6-20-7-9-21(10-8-20)12(2)16(22)19-15-11-13(17)4-5-14(15)18/h4-5,11-12H,3,6-10H2,1-2H3,(H,19,22)/p+2/t12-/m0/s1. The zero-order valence-corrected chi connectivity index (χ0v) is 14.7. The number of hydrogen-bond acceptors (Lipinski definition) is 1. The average Bonchev–Trinajstić information content (AvgIpc) is 2.51. The van der Waals surface area contributed by atoms with Gasteiger partial charge in [0.05, 0.1) is 17.3 Å². The molecule has 1 aromatic carbocycles. The highest BCUT2D eigenvalue weighted by Gasteiger charge is 2.30. The van der Waals surface area contributed by atoms with Crippen LogP contribution in [0.15, 0.2) is 18.2 Å². The van der Waals surface area contributed by atoms with Gasteiger partial charge in [0, 0.05) is 5.02 Å². The van der Waals surface area contributed by atoms with E-state index in [2.05, 4.69) is 12.2 Å². The molecule has 1 aliphatic heterocycles. The molecule has 1 fully saturated rings. The predicted molar refractivity (Wildman–Crippen MR) is 91.1 cm³/mol. The topological polar surface area (TPSA) is 38.0 Å². The molecule has 22 heavy (non-hydrogen) atoms. The normalized spacial score (nSPS) is 23.1. The summed E-state index contributed by atoms with van der Waals surface area (Å²) in [5.74, 6) is -0.00175. The minimum atomic E-state index is -0.0850. The first-order valence-electron chi connectivity index (χ1n) is 7.95. The quantitative estimate of drug-likeness (QED) is 0.714. The maximum atomic E-state index is 12.4. The van der Waals surface area contributed by atoms with Crippen molar-refractivity contribution in [2.75, 3.05) is 38.0 Å². The fourth-order valence-corrected chi connectivity index (χ4v) is 3.32. The molecule has 0 unspecified atom stereocenters. The number of quaternary nitrogens is 2. The van der Waals surface area contributed by atoms with Gasteiger partial charge >= 0.3 is 0 Å². The third-order valence-corrected chi connectivity index (χ3v) is 4.96. The highest BCUT2D eigenvalue weighted by molar-refractivity contribution is 6.35. The number of rotatable bonds is 5. The Kier molecular flexibility index (Phi) is 6.50. The molecule has 3 N–H and O–H groups in total. The van der Waals surface area contributed by atoms with Gasteiger partial charge in [-0.05, 0) is 31.5 Å². The van der Waals surface area contributed by atoms with Crippen LogP contribution in [-0.2, 0) is 4.79 Å². The molecule has 0 aliphatic carbocycles. The van der Waals surface area contributed by atoms with Crippen molar-refractivity contribution in [3.63, 3.8) is 0 Å². The molecule has 1 saturated heterocycles. The van der Waals surface area contributed by atoms with Crippen molar-refractivity contribution in [1.82, 2.24) is 0 Å². The smallest absolute Gasteiger partial charge is 0.282 e. The van der Waals surface area contributed by atoms with Crippen molar-refractivity contribution in [3.05, 3.63) is 28.2 Å². The minimum Gasteiger partial charge on any atom is -0.326 e. The van der Waals surface area contributed by atoms with Gasteiger partial charge in [-0.2, -0.15) is 0 Å². The lowest BCUT2D eigenvalue weighted by Gasteiger charge is -2.32. The molecule has 1 amide bonds. The van der Waals surface area contributed by atoms with Crippen molar-refractivity contribution in [2.45, 2.75) is 26.3 Å². The van der Waals surface area contributed by atoms with E-state index >= 15 is 0 Å². The maximum Gasteiger partial charge on any atom is 0.282 e. The first-order valence-corrected chi connectivity index (χ1v) is 8.71. The van der Waals surface area contributed by atoms with Crippen LogP contribution in [0.25, 0.3) is 0 Å². The highest BCUT2D eigenvalue weighted by atomic mass is 35.5. The Morgan fingerprint density at radius 1 is 1.27 bits per heavy atom. The third kappa shape index (κ3) is 4.59. The molecule has 0 aromatic heterocycles. The molecule has 0 bridgehead atoms. The summed E-state index contributed by atoms with van der Waals surface area (Å²) in [6.45, 7) is 9.77. The Labute approximate surface area is 142 Å². The number of anilines is 1. The van der Waals surface area contributed by atoms with Gasteiger partial charge in [-0.25, -0.2) is 0 Å². The van der Waals surface area contributed by atoms with Gasteiger partial charge < -0.3 is 15.1 Å². The van der Waals surface area contributed by atoms with Crippen LogP contribution in [0, 0.1) is 0 Å². The summed E-state index contributed by atoms with van der Waals surface area (Å²) in [5.41, 5.74) is 0.584. The second-order valence-electron chi connectivity index (χ2n) is 5.99. The van der Waals surface area contributed by atoms with E-state index in [0.29, 0.717) is 15.7 Å². The van der Waals surface area contributed by atoms with Crippen LogP contribution in [0.3, 0.4) is 0 Å². The second-order valence-corrected chi connectivity index (χ2v) is 6.84. The van der Waals surface area contributed by atoms with Crippen LogP contribution < -0.4 is 15.1 Å². The molecule has 4 nitrogen and oxygen atoms in total. The van der Waals surface area contributed by atoms with E-state index in [4.69, 9.17) is 23.2 Å². The molecule has 1 aromatic rings. The van der Waals surface area contributed by atoms with E-state index < -0.39 is 0 Å². The lowest BCUT2D eigenvalue weighted by molar-refractivity contribution is -1.02. The van der Waals surface area contributed by atoms with E-state index in [1.165, 1.54) is 17.9 Å². The Morgan fingerprint density at radius 3 is 2.59 bits per heavy atom. The monoisotopic (exact) mass is 345 g/mol. The van der Waals surface area contributed by atoms with Gasteiger partial charge in [-0.3, -0.25) is 4.79 Å². The molecular weight excluding hydrogens is 321 g/mol. The van der Waals surface area contributed by atoms with Crippen molar-refractivity contribution < 1.29 is 14.6 Å². The average molecular weight is 346 g/mol. The molecule has 1 atom stereocenters. The Bertz CT molecular complexity index is 516. The Hall–Kier alpha value is -0.810. The first-order chi connectivity index (χ1) is 10.5. The number of amides is 1. The fourth-order valence-electron chi connectivity index (χ4n) is 2.98. The number of carbonyl (C=O) groups is 1. The van der Waals surface area contributed by atoms with Gasteiger partial charge in [0.2, 0.25) is 0 Å².